The molecule has 32 heavy (non-hydrogen) atoms. The lowest BCUT2D eigenvalue weighted by molar-refractivity contribution is -0.135. The number of ether oxygens (including phenoxy) is 1. The largest absolute Gasteiger partial charge is 0.378 e. The molecule has 0 saturated carbocycles. The van der Waals surface area contributed by atoms with Crippen LogP contribution in [0.4, 0.5) is 4.39 Å². The summed E-state index contributed by atoms with van der Waals surface area (Å²) in [4.78, 5) is 29.6. The number of benzene rings is 2. The summed E-state index contributed by atoms with van der Waals surface area (Å²) in [6, 6.07) is 14.3. The third-order valence-electron chi connectivity index (χ3n) is 7.49. The van der Waals surface area contributed by atoms with E-state index < -0.39 is 0 Å². The molecule has 1 unspecified atom stereocenters. The van der Waals surface area contributed by atoms with Gasteiger partial charge in [0.2, 0.25) is 5.91 Å². The van der Waals surface area contributed by atoms with Crippen molar-refractivity contribution in [1.29, 1.82) is 0 Å². The number of halogens is 1. The topological polar surface area (TPSA) is 49.9 Å². The summed E-state index contributed by atoms with van der Waals surface area (Å²) in [5.74, 6) is 0.0690. The molecule has 2 fully saturated rings. The van der Waals surface area contributed by atoms with Gasteiger partial charge in [0.05, 0.1) is 13.2 Å². The summed E-state index contributed by atoms with van der Waals surface area (Å²) in [7, 11) is 0. The van der Waals surface area contributed by atoms with E-state index >= 15 is 0 Å². The van der Waals surface area contributed by atoms with Crippen LogP contribution >= 0.6 is 0 Å². The van der Waals surface area contributed by atoms with Crippen molar-refractivity contribution in [3.63, 3.8) is 0 Å². The zero-order valence-corrected chi connectivity index (χ0v) is 18.3. The maximum Gasteiger partial charge on any atom is 0.253 e. The van der Waals surface area contributed by atoms with Gasteiger partial charge in [0.15, 0.2) is 0 Å². The van der Waals surface area contributed by atoms with Crippen molar-refractivity contribution in [3.8, 4) is 0 Å². The van der Waals surface area contributed by atoms with Crippen molar-refractivity contribution in [2.75, 3.05) is 39.4 Å². The van der Waals surface area contributed by atoms with Gasteiger partial charge < -0.3 is 14.5 Å². The average Bonchev–Trinajstić information content (AvgIpc) is 3.13. The fraction of sp³-hybridized carbons (Fsp3) is 0.462. The van der Waals surface area contributed by atoms with Gasteiger partial charge in [0, 0.05) is 38.2 Å². The fourth-order valence-electron chi connectivity index (χ4n) is 5.75. The van der Waals surface area contributed by atoms with Crippen LogP contribution in [0, 0.1) is 5.82 Å². The fourth-order valence-corrected chi connectivity index (χ4v) is 5.75. The zero-order valence-electron chi connectivity index (χ0n) is 18.3. The number of amides is 2. The summed E-state index contributed by atoms with van der Waals surface area (Å²) in [6.07, 6.45) is 3.27. The number of hydrogen-bond donors (Lipinski definition) is 0. The Hall–Kier alpha value is -2.73. The van der Waals surface area contributed by atoms with Gasteiger partial charge in [-0.25, -0.2) is 4.39 Å². The minimum absolute atomic E-state index is 0.0200. The van der Waals surface area contributed by atoms with E-state index in [0.717, 1.165) is 19.3 Å². The van der Waals surface area contributed by atoms with Gasteiger partial charge in [-0.05, 0) is 66.0 Å². The third kappa shape index (κ3) is 3.92. The Morgan fingerprint density at radius 3 is 2.34 bits per heavy atom. The van der Waals surface area contributed by atoms with E-state index in [1.54, 1.807) is 12.1 Å². The van der Waals surface area contributed by atoms with Crippen molar-refractivity contribution in [2.24, 2.45) is 0 Å². The molecule has 1 spiro atoms. The molecule has 5 rings (SSSR count). The molecule has 1 aliphatic carbocycles. The van der Waals surface area contributed by atoms with Crippen LogP contribution < -0.4 is 0 Å². The van der Waals surface area contributed by atoms with Gasteiger partial charge in [-0.1, -0.05) is 24.3 Å². The number of piperidine rings is 1. The lowest BCUT2D eigenvalue weighted by Gasteiger charge is -2.40. The Labute approximate surface area is 188 Å². The third-order valence-corrected chi connectivity index (χ3v) is 7.49. The van der Waals surface area contributed by atoms with E-state index in [1.165, 1.54) is 23.3 Å². The molecule has 168 valence electrons. The number of nitrogens with zero attached hydrogens (tertiary/aromatic N) is 2. The molecule has 0 N–H and O–H groups in total. The summed E-state index contributed by atoms with van der Waals surface area (Å²) < 4.78 is 18.6. The van der Waals surface area contributed by atoms with Gasteiger partial charge in [0.25, 0.3) is 5.91 Å². The maximum absolute atomic E-state index is 13.2. The molecule has 2 saturated heterocycles. The van der Waals surface area contributed by atoms with Crippen molar-refractivity contribution >= 4 is 11.8 Å². The van der Waals surface area contributed by atoms with Crippen molar-refractivity contribution in [2.45, 2.75) is 37.0 Å². The first-order valence-electron chi connectivity index (χ1n) is 11.6. The number of carbonyl (C=O) groups is 2. The van der Waals surface area contributed by atoms with Gasteiger partial charge in [-0.3, -0.25) is 9.59 Å². The Morgan fingerprint density at radius 1 is 0.938 bits per heavy atom. The maximum atomic E-state index is 13.2. The number of hydrogen-bond acceptors (Lipinski definition) is 3. The van der Waals surface area contributed by atoms with Crippen LogP contribution in [0.1, 0.15) is 53.1 Å². The molecule has 0 aromatic heterocycles. The molecule has 2 amide bonds. The van der Waals surface area contributed by atoms with Crippen LogP contribution in [0.2, 0.25) is 0 Å². The van der Waals surface area contributed by atoms with Gasteiger partial charge in [-0.2, -0.15) is 0 Å². The minimum atomic E-state index is -0.334. The van der Waals surface area contributed by atoms with E-state index in [1.807, 2.05) is 9.80 Å². The van der Waals surface area contributed by atoms with Crippen molar-refractivity contribution < 1.29 is 18.7 Å². The normalized spacial score (nSPS) is 22.1. The molecule has 0 radical (unpaired) electrons. The molecule has 2 aromatic rings. The quantitative estimate of drug-likeness (QED) is 0.737. The highest BCUT2D eigenvalue weighted by Crippen LogP contribution is 2.52. The molecule has 0 bridgehead atoms. The molecule has 6 heteroatoms. The Bertz CT molecular complexity index is 992. The highest BCUT2D eigenvalue weighted by Gasteiger charge is 2.46. The number of fused-ring (bicyclic) bond motifs is 2. The van der Waals surface area contributed by atoms with E-state index in [2.05, 4.69) is 24.3 Å². The minimum Gasteiger partial charge on any atom is -0.378 e. The predicted molar refractivity (Wildman–Crippen MR) is 119 cm³/mol. The number of carbonyl (C=O) groups excluding carboxylic acids is 2. The van der Waals surface area contributed by atoms with Crippen LogP contribution in [-0.4, -0.2) is 61.0 Å². The summed E-state index contributed by atoms with van der Waals surface area (Å²) in [6.45, 7) is 3.95. The standard InChI is InChI=1S/C26H29FN2O3/c27-21-7-5-19(6-8-21)25(31)29-11-9-26(10-12-29)18-20(22-3-1-2-4-23(22)26)17-24(30)28-13-15-32-16-14-28/h1-8,20H,9-18H2. The lowest BCUT2D eigenvalue weighted by Crippen LogP contribution is -2.44. The molecule has 5 nitrogen and oxygen atoms in total. The monoisotopic (exact) mass is 436 g/mol. The highest BCUT2D eigenvalue weighted by molar-refractivity contribution is 5.94. The second-order valence-corrected chi connectivity index (χ2v) is 9.27. The molecule has 1 atom stereocenters. The average molecular weight is 437 g/mol. The van der Waals surface area contributed by atoms with E-state index in [-0.39, 0.29) is 29.0 Å². The van der Waals surface area contributed by atoms with Crippen LogP contribution in [-0.2, 0) is 14.9 Å². The van der Waals surface area contributed by atoms with E-state index in [9.17, 15) is 14.0 Å². The van der Waals surface area contributed by atoms with Crippen LogP contribution in [0.25, 0.3) is 0 Å². The predicted octanol–water partition coefficient (Wildman–Crippen LogP) is 3.74. The highest BCUT2D eigenvalue weighted by atomic mass is 19.1. The van der Waals surface area contributed by atoms with Gasteiger partial charge >= 0.3 is 0 Å². The Kier molecular flexibility index (Phi) is 5.72. The summed E-state index contributed by atoms with van der Waals surface area (Å²) in [5.41, 5.74) is 3.20. The molecule has 2 aliphatic heterocycles. The SMILES string of the molecule is O=C(CC1CC2(CCN(C(=O)c3ccc(F)cc3)CC2)c2ccccc21)N1CCOCC1. The second-order valence-electron chi connectivity index (χ2n) is 9.27. The molecule has 3 aliphatic rings. The first kappa shape index (κ1) is 21.1. The number of morpholine rings is 1. The summed E-state index contributed by atoms with van der Waals surface area (Å²) in [5, 5.41) is 0. The van der Waals surface area contributed by atoms with Gasteiger partial charge in [-0.15, -0.1) is 0 Å². The van der Waals surface area contributed by atoms with Crippen molar-refractivity contribution in [3.05, 3.63) is 71.0 Å². The number of rotatable bonds is 3. The van der Waals surface area contributed by atoms with Crippen molar-refractivity contribution in [1.82, 2.24) is 9.80 Å². The van der Waals surface area contributed by atoms with Gasteiger partial charge in [0.1, 0.15) is 5.82 Å². The molecular weight excluding hydrogens is 407 g/mol. The molecule has 2 aromatic carbocycles. The van der Waals surface area contributed by atoms with E-state index in [0.29, 0.717) is 51.4 Å². The van der Waals surface area contributed by atoms with Crippen LogP contribution in [0.3, 0.4) is 0 Å². The zero-order chi connectivity index (χ0) is 22.1. The first-order valence-corrected chi connectivity index (χ1v) is 11.6. The van der Waals surface area contributed by atoms with Crippen LogP contribution in [0.5, 0.6) is 0 Å². The van der Waals surface area contributed by atoms with Crippen LogP contribution in [0.15, 0.2) is 48.5 Å². The Morgan fingerprint density at radius 2 is 1.62 bits per heavy atom. The first-order chi connectivity index (χ1) is 15.6. The molecular formula is C26H29FN2O3. The molecule has 2 heterocycles. The second kappa shape index (κ2) is 8.66. The smallest absolute Gasteiger partial charge is 0.253 e. The summed E-state index contributed by atoms with van der Waals surface area (Å²) >= 11 is 0. The Balaban J connectivity index is 1.29. The van der Waals surface area contributed by atoms with E-state index in [4.69, 9.17) is 4.74 Å². The number of likely N-dealkylation sites (tertiary alicyclic amines) is 1. The lowest BCUT2D eigenvalue weighted by atomic mass is 9.73.